The van der Waals surface area contributed by atoms with Crippen LogP contribution in [0.4, 0.5) is 5.69 Å². The fraction of sp³-hybridized carbons (Fsp3) is 0.400. The molecule has 0 saturated carbocycles. The van der Waals surface area contributed by atoms with Crippen LogP contribution in [0.25, 0.3) is 0 Å². The molecular formula is C20H27N7OS. The Bertz CT molecular complexity index is 817. The number of rotatable bonds is 8. The lowest BCUT2D eigenvalue weighted by Gasteiger charge is -2.35. The van der Waals surface area contributed by atoms with Crippen molar-refractivity contribution in [3.8, 4) is 0 Å². The molecule has 1 aliphatic rings. The average molecular weight is 414 g/mol. The highest BCUT2D eigenvalue weighted by Crippen LogP contribution is 2.25. The lowest BCUT2D eigenvalue weighted by molar-refractivity contribution is 0.167. The molecule has 9 heteroatoms. The Labute approximate surface area is 173 Å². The van der Waals surface area contributed by atoms with Gasteiger partial charge in [0.25, 0.3) is 0 Å². The third-order valence-corrected chi connectivity index (χ3v) is 6.71. The van der Waals surface area contributed by atoms with E-state index in [0.29, 0.717) is 11.6 Å². The normalized spacial score (nSPS) is 18.9. The number of anilines is 1. The standard InChI is InChI=1S/C20H27N7OS/c21-19-3-5-20(6-4-19)29(28)27-7-1-2-16(15-27)12-26(13-17-8-22-23-9-17)14-18-10-24-25-11-18/h3-6,8-11,16H,1-2,7,12-15,21H2,(H,22,23)(H,24,25). The van der Waals surface area contributed by atoms with Gasteiger partial charge in [-0.3, -0.25) is 15.1 Å². The maximum Gasteiger partial charge on any atom is 0.174 e. The smallest absolute Gasteiger partial charge is 0.174 e. The first-order valence-electron chi connectivity index (χ1n) is 9.87. The van der Waals surface area contributed by atoms with Crippen molar-refractivity contribution in [1.82, 2.24) is 29.6 Å². The van der Waals surface area contributed by atoms with E-state index in [1.54, 1.807) is 0 Å². The van der Waals surface area contributed by atoms with Crippen LogP contribution in [0, 0.1) is 5.92 Å². The highest BCUT2D eigenvalue weighted by Gasteiger charge is 2.30. The molecular weight excluding hydrogens is 386 g/mol. The fourth-order valence-electron chi connectivity index (χ4n) is 3.85. The minimum Gasteiger partial charge on any atom is -0.593 e. The van der Waals surface area contributed by atoms with Crippen molar-refractivity contribution in [2.75, 3.05) is 25.4 Å². The quantitative estimate of drug-likeness (QED) is 0.385. The predicted octanol–water partition coefficient (Wildman–Crippen LogP) is 2.15. The Hall–Kier alpha value is -2.33. The highest BCUT2D eigenvalue weighted by atomic mass is 32.2. The molecule has 1 fully saturated rings. The molecule has 2 aromatic heterocycles. The topological polar surface area (TPSA) is 113 Å². The largest absolute Gasteiger partial charge is 0.593 e. The second kappa shape index (κ2) is 9.45. The van der Waals surface area contributed by atoms with Gasteiger partial charge in [0.2, 0.25) is 0 Å². The van der Waals surface area contributed by atoms with E-state index in [0.717, 1.165) is 61.6 Å². The van der Waals surface area contributed by atoms with Gasteiger partial charge in [-0.05, 0) is 43.0 Å². The molecule has 3 aromatic rings. The molecule has 0 aliphatic carbocycles. The lowest BCUT2D eigenvalue weighted by Crippen LogP contribution is -2.43. The van der Waals surface area contributed by atoms with E-state index in [1.807, 2.05) is 49.1 Å². The summed E-state index contributed by atoms with van der Waals surface area (Å²) in [4.78, 5) is 3.23. The first-order chi connectivity index (χ1) is 14.2. The molecule has 0 spiro atoms. The second-order valence-electron chi connectivity index (χ2n) is 7.60. The number of benzene rings is 1. The van der Waals surface area contributed by atoms with Gasteiger partial charge in [0.05, 0.1) is 23.8 Å². The summed E-state index contributed by atoms with van der Waals surface area (Å²) >= 11 is -1.15. The number of piperidine rings is 1. The second-order valence-corrected chi connectivity index (χ2v) is 9.08. The van der Waals surface area contributed by atoms with E-state index in [9.17, 15) is 4.55 Å². The third-order valence-electron chi connectivity index (χ3n) is 5.24. The minimum atomic E-state index is -1.15. The maximum atomic E-state index is 13.0. The van der Waals surface area contributed by atoms with Crippen LogP contribution in [0.2, 0.25) is 0 Å². The molecule has 4 rings (SSSR count). The van der Waals surface area contributed by atoms with Crippen LogP contribution in [0.3, 0.4) is 0 Å². The highest BCUT2D eigenvalue weighted by molar-refractivity contribution is 7.89. The third kappa shape index (κ3) is 5.39. The Balaban J connectivity index is 1.40. The molecule has 29 heavy (non-hydrogen) atoms. The van der Waals surface area contributed by atoms with Gasteiger partial charge >= 0.3 is 0 Å². The first kappa shape index (κ1) is 20.0. The number of nitrogens with zero attached hydrogens (tertiary/aromatic N) is 4. The van der Waals surface area contributed by atoms with Crippen LogP contribution >= 0.6 is 0 Å². The van der Waals surface area contributed by atoms with Crippen LogP contribution in [-0.2, 0) is 24.5 Å². The van der Waals surface area contributed by atoms with Crippen LogP contribution in [0.15, 0.2) is 53.9 Å². The monoisotopic (exact) mass is 413 g/mol. The van der Waals surface area contributed by atoms with Crippen molar-refractivity contribution in [2.24, 2.45) is 5.92 Å². The Morgan fingerprint density at radius 2 is 1.76 bits per heavy atom. The SMILES string of the molecule is Nc1ccc([S+]([O-])N2CCCC(CN(Cc3cn[nH]c3)Cc3cn[nH]c3)C2)cc1. The van der Waals surface area contributed by atoms with Crippen LogP contribution in [-0.4, -0.2) is 53.8 Å². The maximum absolute atomic E-state index is 13.0. The van der Waals surface area contributed by atoms with Crippen molar-refractivity contribution in [2.45, 2.75) is 30.8 Å². The van der Waals surface area contributed by atoms with Gasteiger partial charge in [0.1, 0.15) is 0 Å². The number of H-pyrrole nitrogens is 2. The van der Waals surface area contributed by atoms with Crippen molar-refractivity contribution in [3.05, 3.63) is 60.2 Å². The van der Waals surface area contributed by atoms with Gasteiger partial charge in [0, 0.05) is 61.9 Å². The Morgan fingerprint density at radius 1 is 1.10 bits per heavy atom. The Morgan fingerprint density at radius 3 is 2.34 bits per heavy atom. The van der Waals surface area contributed by atoms with E-state index in [-0.39, 0.29) is 0 Å². The molecule has 1 aliphatic heterocycles. The van der Waals surface area contributed by atoms with Gasteiger partial charge < -0.3 is 10.3 Å². The fourth-order valence-corrected chi connectivity index (χ4v) is 5.16. The molecule has 8 nitrogen and oxygen atoms in total. The van der Waals surface area contributed by atoms with E-state index >= 15 is 0 Å². The van der Waals surface area contributed by atoms with Crippen molar-refractivity contribution < 1.29 is 4.55 Å². The van der Waals surface area contributed by atoms with E-state index in [4.69, 9.17) is 5.73 Å². The zero-order valence-corrected chi connectivity index (χ0v) is 17.1. The summed E-state index contributed by atoms with van der Waals surface area (Å²) in [6.07, 6.45) is 9.80. The van der Waals surface area contributed by atoms with E-state index < -0.39 is 11.4 Å². The van der Waals surface area contributed by atoms with Gasteiger partial charge in [-0.2, -0.15) is 10.2 Å². The average Bonchev–Trinajstić information content (AvgIpc) is 3.43. The number of hydrogen-bond acceptors (Lipinski definition) is 6. The molecule has 2 unspecified atom stereocenters. The number of nitrogens with two attached hydrogens (primary N) is 1. The molecule has 154 valence electrons. The van der Waals surface area contributed by atoms with Crippen molar-refractivity contribution in [1.29, 1.82) is 0 Å². The molecule has 4 N–H and O–H groups in total. The molecule has 1 saturated heterocycles. The molecule has 0 bridgehead atoms. The number of nitrogens with one attached hydrogen (secondary N) is 2. The van der Waals surface area contributed by atoms with Crippen LogP contribution in [0.1, 0.15) is 24.0 Å². The van der Waals surface area contributed by atoms with Gasteiger partial charge in [-0.1, -0.05) is 0 Å². The zero-order chi connectivity index (χ0) is 20.1. The van der Waals surface area contributed by atoms with Crippen molar-refractivity contribution >= 4 is 17.0 Å². The molecule has 0 amide bonds. The summed E-state index contributed by atoms with van der Waals surface area (Å²) in [5.41, 5.74) is 8.77. The number of nitrogen functional groups attached to an aromatic ring is 1. The van der Waals surface area contributed by atoms with Gasteiger partial charge in [-0.25, -0.2) is 0 Å². The van der Waals surface area contributed by atoms with Crippen LogP contribution in [0.5, 0.6) is 0 Å². The van der Waals surface area contributed by atoms with E-state index in [1.165, 1.54) is 0 Å². The zero-order valence-electron chi connectivity index (χ0n) is 16.3. The molecule has 1 aromatic carbocycles. The summed E-state index contributed by atoms with van der Waals surface area (Å²) in [6, 6.07) is 7.34. The number of aromatic nitrogens is 4. The predicted molar refractivity (Wildman–Crippen MR) is 113 cm³/mol. The Kier molecular flexibility index (Phi) is 6.50. The summed E-state index contributed by atoms with van der Waals surface area (Å²) in [5.74, 6) is 0.459. The molecule has 3 heterocycles. The number of aromatic amines is 2. The summed E-state index contributed by atoms with van der Waals surface area (Å²) in [6.45, 7) is 4.26. The van der Waals surface area contributed by atoms with E-state index in [2.05, 4.69) is 29.6 Å². The molecule has 2 atom stereocenters. The summed E-state index contributed by atoms with van der Waals surface area (Å²) in [7, 11) is 0. The minimum absolute atomic E-state index is 0.459. The van der Waals surface area contributed by atoms with Gasteiger partial charge in [-0.15, -0.1) is 4.31 Å². The van der Waals surface area contributed by atoms with Crippen LogP contribution < -0.4 is 5.73 Å². The summed E-state index contributed by atoms with van der Waals surface area (Å²) < 4.78 is 15.1. The number of hydrogen-bond donors (Lipinski definition) is 3. The van der Waals surface area contributed by atoms with Gasteiger partial charge in [0.15, 0.2) is 4.90 Å². The molecule has 0 radical (unpaired) electrons. The van der Waals surface area contributed by atoms with Crippen molar-refractivity contribution in [3.63, 3.8) is 0 Å². The lowest BCUT2D eigenvalue weighted by atomic mass is 9.98. The first-order valence-corrected chi connectivity index (χ1v) is 11.0. The summed E-state index contributed by atoms with van der Waals surface area (Å²) in [5, 5.41) is 13.9.